The lowest BCUT2D eigenvalue weighted by molar-refractivity contribution is -0.385. The van der Waals surface area contributed by atoms with Crippen LogP contribution in [0.25, 0.3) is 10.4 Å². The van der Waals surface area contributed by atoms with Crippen LogP contribution in [0.3, 0.4) is 0 Å². The molecule has 1 aromatic rings. The maximum Gasteiger partial charge on any atom is 0.310 e. The molecule has 0 saturated carbocycles. The van der Waals surface area contributed by atoms with Gasteiger partial charge < -0.3 is 9.84 Å². The van der Waals surface area contributed by atoms with Gasteiger partial charge >= 0.3 is 5.69 Å². The average Bonchev–Trinajstić information content (AvgIpc) is 2.34. The number of rotatable bonds is 6. The summed E-state index contributed by atoms with van der Waals surface area (Å²) in [6, 6.07) is 5.83. The van der Waals surface area contributed by atoms with E-state index in [4.69, 9.17) is 10.3 Å². The molecule has 0 spiro atoms. The fraction of sp³-hybridized carbons (Fsp3) is 0.333. The first-order chi connectivity index (χ1) is 8.15. The Morgan fingerprint density at radius 3 is 2.94 bits per heavy atom. The first-order valence-electron chi connectivity index (χ1n) is 4.70. The monoisotopic (exact) mass is 238 g/mol. The van der Waals surface area contributed by atoms with Gasteiger partial charge in [0, 0.05) is 11.0 Å². The van der Waals surface area contributed by atoms with Crippen LogP contribution in [0.5, 0.6) is 5.75 Å². The van der Waals surface area contributed by atoms with E-state index in [-0.39, 0.29) is 24.6 Å². The molecule has 0 amide bonds. The minimum atomic E-state index is -0.995. The van der Waals surface area contributed by atoms with Crippen LogP contribution in [0.1, 0.15) is 0 Å². The molecular weight excluding hydrogens is 228 g/mol. The summed E-state index contributed by atoms with van der Waals surface area (Å²) in [5, 5.41) is 23.1. The number of hydrogen-bond acceptors (Lipinski definition) is 5. The molecule has 0 aromatic heterocycles. The van der Waals surface area contributed by atoms with Gasteiger partial charge in [-0.25, -0.2) is 0 Å². The van der Waals surface area contributed by atoms with Crippen LogP contribution < -0.4 is 4.74 Å². The largest absolute Gasteiger partial charge is 0.484 e. The summed E-state index contributed by atoms with van der Waals surface area (Å²) in [5.74, 6) is 0.0671. The summed E-state index contributed by atoms with van der Waals surface area (Å²) >= 11 is 0. The van der Waals surface area contributed by atoms with Crippen molar-refractivity contribution in [2.45, 2.75) is 6.10 Å². The van der Waals surface area contributed by atoms with E-state index in [1.54, 1.807) is 6.07 Å². The zero-order chi connectivity index (χ0) is 12.7. The number of benzene rings is 1. The number of nitro benzene ring substituents is 1. The number of azide groups is 1. The van der Waals surface area contributed by atoms with Gasteiger partial charge in [-0.15, -0.1) is 0 Å². The number of nitrogens with zero attached hydrogens (tertiary/aromatic N) is 4. The Bertz CT molecular complexity index is 444. The number of para-hydroxylation sites is 2. The number of hydrogen-bond donors (Lipinski definition) is 1. The predicted octanol–water partition coefficient (Wildman–Crippen LogP) is 1.64. The number of nitro groups is 1. The van der Waals surface area contributed by atoms with Crippen LogP contribution in [-0.2, 0) is 0 Å². The van der Waals surface area contributed by atoms with Gasteiger partial charge in [-0.2, -0.15) is 0 Å². The van der Waals surface area contributed by atoms with E-state index < -0.39 is 11.0 Å². The fourth-order valence-electron chi connectivity index (χ4n) is 1.10. The molecule has 0 aliphatic rings. The molecule has 8 heteroatoms. The van der Waals surface area contributed by atoms with Crippen LogP contribution in [-0.4, -0.2) is 29.3 Å². The lowest BCUT2D eigenvalue weighted by Gasteiger charge is -2.09. The molecule has 1 atom stereocenters. The number of ether oxygens (including phenoxy) is 1. The zero-order valence-electron chi connectivity index (χ0n) is 8.76. The second-order valence-electron chi connectivity index (χ2n) is 3.10. The first kappa shape index (κ1) is 12.8. The SMILES string of the molecule is [N-]=[N+]=NCC(O)COc1ccccc1[N+](=O)[O-]. The van der Waals surface area contributed by atoms with E-state index in [1.165, 1.54) is 18.2 Å². The van der Waals surface area contributed by atoms with Crippen molar-refractivity contribution in [3.8, 4) is 5.75 Å². The van der Waals surface area contributed by atoms with Crippen molar-refractivity contribution in [1.82, 2.24) is 0 Å². The van der Waals surface area contributed by atoms with Crippen LogP contribution in [0, 0.1) is 10.1 Å². The van der Waals surface area contributed by atoms with E-state index >= 15 is 0 Å². The highest BCUT2D eigenvalue weighted by Gasteiger charge is 2.14. The second kappa shape index (κ2) is 6.31. The van der Waals surface area contributed by atoms with Gasteiger partial charge in [-0.3, -0.25) is 10.1 Å². The van der Waals surface area contributed by atoms with E-state index in [0.29, 0.717) is 0 Å². The fourth-order valence-corrected chi connectivity index (χ4v) is 1.10. The molecule has 1 rings (SSSR count). The molecule has 90 valence electrons. The van der Waals surface area contributed by atoms with E-state index in [2.05, 4.69) is 10.0 Å². The summed E-state index contributed by atoms with van der Waals surface area (Å²) < 4.78 is 5.08. The van der Waals surface area contributed by atoms with Crippen LogP contribution in [0.4, 0.5) is 5.69 Å². The van der Waals surface area contributed by atoms with Crippen molar-refractivity contribution >= 4 is 5.69 Å². The zero-order valence-corrected chi connectivity index (χ0v) is 8.76. The molecule has 1 aromatic carbocycles. The van der Waals surface area contributed by atoms with Gasteiger partial charge in [-0.1, -0.05) is 17.2 Å². The highest BCUT2D eigenvalue weighted by atomic mass is 16.6. The molecular formula is C9H10N4O4. The summed E-state index contributed by atoms with van der Waals surface area (Å²) in [5.41, 5.74) is 7.86. The molecule has 0 aliphatic carbocycles. The van der Waals surface area contributed by atoms with Gasteiger partial charge in [0.25, 0.3) is 0 Å². The van der Waals surface area contributed by atoms with E-state index in [1.807, 2.05) is 0 Å². The highest BCUT2D eigenvalue weighted by molar-refractivity contribution is 5.45. The molecule has 17 heavy (non-hydrogen) atoms. The molecule has 0 heterocycles. The molecule has 0 aliphatic heterocycles. The van der Waals surface area contributed by atoms with Crippen molar-refractivity contribution in [1.29, 1.82) is 0 Å². The van der Waals surface area contributed by atoms with Gasteiger partial charge in [-0.05, 0) is 11.6 Å². The molecule has 1 unspecified atom stereocenters. The molecule has 0 fully saturated rings. The van der Waals surface area contributed by atoms with E-state index in [0.717, 1.165) is 0 Å². The Morgan fingerprint density at radius 1 is 1.59 bits per heavy atom. The van der Waals surface area contributed by atoms with Gasteiger partial charge in [0.1, 0.15) is 6.61 Å². The predicted molar refractivity (Wildman–Crippen MR) is 58.6 cm³/mol. The normalized spacial score (nSPS) is 11.4. The summed E-state index contributed by atoms with van der Waals surface area (Å²) in [4.78, 5) is 12.5. The quantitative estimate of drug-likeness (QED) is 0.266. The third-order valence-corrected chi connectivity index (χ3v) is 1.85. The Balaban J connectivity index is 2.62. The van der Waals surface area contributed by atoms with Crippen molar-refractivity contribution in [2.75, 3.05) is 13.2 Å². The van der Waals surface area contributed by atoms with Crippen LogP contribution >= 0.6 is 0 Å². The molecule has 1 N–H and O–H groups in total. The minimum Gasteiger partial charge on any atom is -0.484 e. The maximum atomic E-state index is 10.6. The Labute approximate surface area is 96.2 Å². The summed E-state index contributed by atoms with van der Waals surface area (Å²) in [6.45, 7) is -0.318. The molecule has 8 nitrogen and oxygen atoms in total. The van der Waals surface area contributed by atoms with Crippen molar-refractivity contribution in [3.05, 3.63) is 44.8 Å². The Morgan fingerprint density at radius 2 is 2.29 bits per heavy atom. The topological polar surface area (TPSA) is 121 Å². The Kier molecular flexibility index (Phi) is 4.74. The summed E-state index contributed by atoms with van der Waals surface area (Å²) in [6.07, 6.45) is -0.995. The first-order valence-corrected chi connectivity index (χ1v) is 4.70. The molecule has 0 saturated heterocycles. The van der Waals surface area contributed by atoms with Crippen LogP contribution in [0.2, 0.25) is 0 Å². The average molecular weight is 238 g/mol. The van der Waals surface area contributed by atoms with Crippen LogP contribution in [0.15, 0.2) is 29.4 Å². The standard InChI is InChI=1S/C9H10N4O4/c10-12-11-5-7(14)6-17-9-4-2-1-3-8(9)13(15)16/h1-4,7,14H,5-6H2. The van der Waals surface area contributed by atoms with E-state index in [9.17, 15) is 15.2 Å². The maximum absolute atomic E-state index is 10.6. The Hall–Kier alpha value is -2.31. The smallest absolute Gasteiger partial charge is 0.310 e. The van der Waals surface area contributed by atoms with Crippen molar-refractivity contribution < 1.29 is 14.8 Å². The number of aliphatic hydroxyl groups is 1. The summed E-state index contributed by atoms with van der Waals surface area (Å²) in [7, 11) is 0. The lowest BCUT2D eigenvalue weighted by Crippen LogP contribution is -2.20. The third-order valence-electron chi connectivity index (χ3n) is 1.85. The van der Waals surface area contributed by atoms with Crippen molar-refractivity contribution in [2.24, 2.45) is 5.11 Å². The third kappa shape index (κ3) is 3.98. The molecule has 0 bridgehead atoms. The minimum absolute atomic E-state index is 0.0671. The number of aliphatic hydroxyl groups excluding tert-OH is 1. The highest BCUT2D eigenvalue weighted by Crippen LogP contribution is 2.25. The lowest BCUT2D eigenvalue weighted by atomic mass is 10.3. The second-order valence-corrected chi connectivity index (χ2v) is 3.10. The van der Waals surface area contributed by atoms with Crippen molar-refractivity contribution in [3.63, 3.8) is 0 Å². The van der Waals surface area contributed by atoms with Gasteiger partial charge in [0.15, 0.2) is 5.75 Å². The van der Waals surface area contributed by atoms with Gasteiger partial charge in [0.2, 0.25) is 0 Å². The van der Waals surface area contributed by atoms with Gasteiger partial charge in [0.05, 0.1) is 17.6 Å². The molecule has 0 radical (unpaired) electrons.